The van der Waals surface area contributed by atoms with E-state index in [4.69, 9.17) is 0 Å². The van der Waals surface area contributed by atoms with E-state index in [9.17, 15) is 9.65 Å². The molecule has 122 valence electrons. The number of nitrogens with zero attached hydrogens (tertiary/aromatic N) is 3. The molecule has 0 aliphatic heterocycles. The van der Waals surface area contributed by atoms with E-state index in [2.05, 4.69) is 34.8 Å². The molecule has 3 rings (SSSR count). The van der Waals surface area contributed by atoms with E-state index in [0.717, 1.165) is 34.1 Å². The molecule has 5 heteroatoms. The second-order valence-electron chi connectivity index (χ2n) is 5.94. The highest BCUT2D eigenvalue weighted by molar-refractivity contribution is 5.94. The summed E-state index contributed by atoms with van der Waals surface area (Å²) in [5.74, 6) is 0.483. The van der Waals surface area contributed by atoms with Gasteiger partial charge < -0.3 is 9.88 Å². The van der Waals surface area contributed by atoms with Crippen LogP contribution in [0.25, 0.3) is 10.9 Å². The number of benzene rings is 1. The SMILES string of the molecule is Cc1c(C)n(C)c2c(NCCc3ccc(F)cc3)nc(C#N)cc12. The van der Waals surface area contributed by atoms with E-state index in [1.165, 1.54) is 12.1 Å². The van der Waals surface area contributed by atoms with Crippen LogP contribution in [0.1, 0.15) is 22.5 Å². The molecule has 0 saturated carbocycles. The predicted octanol–water partition coefficient (Wildman–Crippen LogP) is 3.86. The van der Waals surface area contributed by atoms with Crippen molar-refractivity contribution < 1.29 is 4.39 Å². The maximum atomic E-state index is 13.0. The summed E-state index contributed by atoms with van der Waals surface area (Å²) in [6.07, 6.45) is 0.753. The summed E-state index contributed by atoms with van der Waals surface area (Å²) in [5, 5.41) is 13.6. The molecular weight excluding hydrogens is 303 g/mol. The van der Waals surface area contributed by atoms with Crippen molar-refractivity contribution in [3.05, 3.63) is 58.7 Å². The fourth-order valence-electron chi connectivity index (χ4n) is 2.93. The number of aryl methyl sites for hydroxylation is 2. The molecule has 0 atom stereocenters. The monoisotopic (exact) mass is 322 g/mol. The molecule has 0 spiro atoms. The van der Waals surface area contributed by atoms with Crippen molar-refractivity contribution >= 4 is 16.7 Å². The highest BCUT2D eigenvalue weighted by Gasteiger charge is 2.15. The summed E-state index contributed by atoms with van der Waals surface area (Å²) in [5.41, 5.74) is 4.77. The van der Waals surface area contributed by atoms with Gasteiger partial charge in [0.1, 0.15) is 17.6 Å². The number of nitrogens with one attached hydrogen (secondary N) is 1. The van der Waals surface area contributed by atoms with Gasteiger partial charge in [-0.05, 0) is 49.6 Å². The molecule has 24 heavy (non-hydrogen) atoms. The number of rotatable bonds is 4. The van der Waals surface area contributed by atoms with E-state index in [-0.39, 0.29) is 5.82 Å². The van der Waals surface area contributed by atoms with Gasteiger partial charge >= 0.3 is 0 Å². The zero-order valence-corrected chi connectivity index (χ0v) is 14.0. The Balaban J connectivity index is 1.89. The molecule has 0 unspecified atom stereocenters. The standard InChI is InChI=1S/C19H19FN4/c1-12-13(2)24(3)18-17(12)10-16(11-21)23-19(18)22-9-8-14-4-6-15(20)7-5-14/h4-7,10H,8-9H2,1-3H3,(H,22,23). The van der Waals surface area contributed by atoms with Crippen LogP contribution < -0.4 is 5.32 Å². The highest BCUT2D eigenvalue weighted by Crippen LogP contribution is 2.29. The van der Waals surface area contributed by atoms with Crippen molar-refractivity contribution in [2.75, 3.05) is 11.9 Å². The molecule has 0 aliphatic carbocycles. The molecule has 0 fully saturated rings. The molecule has 1 N–H and O–H groups in total. The van der Waals surface area contributed by atoms with Gasteiger partial charge in [0.25, 0.3) is 0 Å². The lowest BCUT2D eigenvalue weighted by Gasteiger charge is -2.10. The van der Waals surface area contributed by atoms with E-state index in [1.807, 2.05) is 13.1 Å². The smallest absolute Gasteiger partial charge is 0.152 e. The number of anilines is 1. The van der Waals surface area contributed by atoms with Crippen LogP contribution in [0.2, 0.25) is 0 Å². The van der Waals surface area contributed by atoms with Crippen molar-refractivity contribution in [3.8, 4) is 6.07 Å². The topological polar surface area (TPSA) is 53.6 Å². The second-order valence-corrected chi connectivity index (χ2v) is 5.94. The fraction of sp³-hybridized carbons (Fsp3) is 0.263. The maximum absolute atomic E-state index is 13.0. The van der Waals surface area contributed by atoms with E-state index in [1.54, 1.807) is 12.1 Å². The van der Waals surface area contributed by atoms with Crippen LogP contribution in [0.5, 0.6) is 0 Å². The zero-order valence-electron chi connectivity index (χ0n) is 14.0. The summed E-state index contributed by atoms with van der Waals surface area (Å²) in [7, 11) is 2.00. The molecule has 1 aromatic carbocycles. The Kier molecular flexibility index (Phi) is 4.22. The largest absolute Gasteiger partial charge is 0.368 e. The molecule has 0 saturated heterocycles. The van der Waals surface area contributed by atoms with Crippen molar-refractivity contribution in [2.45, 2.75) is 20.3 Å². The highest BCUT2D eigenvalue weighted by atomic mass is 19.1. The van der Waals surface area contributed by atoms with Crippen molar-refractivity contribution in [2.24, 2.45) is 7.05 Å². The number of pyridine rings is 1. The van der Waals surface area contributed by atoms with Gasteiger partial charge in [-0.3, -0.25) is 0 Å². The Hall–Kier alpha value is -2.87. The van der Waals surface area contributed by atoms with Crippen LogP contribution in [0.4, 0.5) is 10.2 Å². The summed E-state index contributed by atoms with van der Waals surface area (Å²) in [6.45, 7) is 4.77. The second kappa shape index (κ2) is 6.32. The van der Waals surface area contributed by atoms with Crippen LogP contribution in [-0.2, 0) is 13.5 Å². The Labute approximate surface area is 140 Å². The molecule has 4 nitrogen and oxygen atoms in total. The normalized spacial score (nSPS) is 10.8. The van der Waals surface area contributed by atoms with Crippen LogP contribution in [0, 0.1) is 31.0 Å². The van der Waals surface area contributed by atoms with Gasteiger partial charge in [0.15, 0.2) is 5.82 Å². The minimum atomic E-state index is -0.230. The average molecular weight is 322 g/mol. The first-order valence-electron chi connectivity index (χ1n) is 7.86. The Morgan fingerprint density at radius 3 is 2.62 bits per heavy atom. The summed E-state index contributed by atoms with van der Waals surface area (Å²) < 4.78 is 15.1. The van der Waals surface area contributed by atoms with E-state index in [0.29, 0.717) is 18.1 Å². The number of halogens is 1. The minimum Gasteiger partial charge on any atom is -0.368 e. The van der Waals surface area contributed by atoms with E-state index >= 15 is 0 Å². The van der Waals surface area contributed by atoms with Crippen molar-refractivity contribution in [3.63, 3.8) is 0 Å². The first kappa shape index (κ1) is 16.0. The van der Waals surface area contributed by atoms with Crippen LogP contribution >= 0.6 is 0 Å². The predicted molar refractivity (Wildman–Crippen MR) is 93.5 cm³/mol. The summed E-state index contributed by atoms with van der Waals surface area (Å²) in [4.78, 5) is 4.43. The summed E-state index contributed by atoms with van der Waals surface area (Å²) in [6, 6.07) is 10.5. The lowest BCUT2D eigenvalue weighted by Crippen LogP contribution is -2.08. The molecule has 0 aliphatic rings. The number of hydrogen-bond acceptors (Lipinski definition) is 3. The zero-order chi connectivity index (χ0) is 17.3. The fourth-order valence-corrected chi connectivity index (χ4v) is 2.93. The van der Waals surface area contributed by atoms with Crippen LogP contribution in [0.3, 0.4) is 0 Å². The summed E-state index contributed by atoms with van der Waals surface area (Å²) >= 11 is 0. The molecule has 0 bridgehead atoms. The first-order chi connectivity index (χ1) is 11.5. The lowest BCUT2D eigenvalue weighted by atomic mass is 10.1. The quantitative estimate of drug-likeness (QED) is 0.793. The third-order valence-corrected chi connectivity index (χ3v) is 4.51. The number of nitriles is 1. The Morgan fingerprint density at radius 2 is 1.96 bits per heavy atom. The van der Waals surface area contributed by atoms with Gasteiger partial charge in [0.2, 0.25) is 0 Å². The van der Waals surface area contributed by atoms with Crippen LogP contribution in [-0.4, -0.2) is 16.1 Å². The molecule has 3 aromatic rings. The maximum Gasteiger partial charge on any atom is 0.152 e. The molecule has 0 radical (unpaired) electrons. The van der Waals surface area contributed by atoms with Gasteiger partial charge in [-0.2, -0.15) is 5.26 Å². The van der Waals surface area contributed by atoms with Gasteiger partial charge in [0.05, 0.1) is 5.52 Å². The third kappa shape index (κ3) is 2.83. The Bertz CT molecular complexity index is 933. The Morgan fingerprint density at radius 1 is 1.25 bits per heavy atom. The van der Waals surface area contributed by atoms with Gasteiger partial charge in [-0.25, -0.2) is 9.37 Å². The lowest BCUT2D eigenvalue weighted by molar-refractivity contribution is 0.627. The van der Waals surface area contributed by atoms with Crippen molar-refractivity contribution in [1.82, 2.24) is 9.55 Å². The number of fused-ring (bicyclic) bond motifs is 1. The molecule has 0 amide bonds. The number of hydrogen-bond donors (Lipinski definition) is 1. The minimum absolute atomic E-state index is 0.230. The van der Waals surface area contributed by atoms with E-state index < -0.39 is 0 Å². The average Bonchev–Trinajstić information content (AvgIpc) is 2.81. The molecule has 2 heterocycles. The molecular formula is C19H19FN4. The van der Waals surface area contributed by atoms with Gasteiger partial charge in [-0.1, -0.05) is 12.1 Å². The van der Waals surface area contributed by atoms with Crippen molar-refractivity contribution in [1.29, 1.82) is 5.26 Å². The van der Waals surface area contributed by atoms with Gasteiger partial charge in [0, 0.05) is 24.7 Å². The number of aromatic nitrogens is 2. The van der Waals surface area contributed by atoms with Crippen LogP contribution in [0.15, 0.2) is 30.3 Å². The first-order valence-corrected chi connectivity index (χ1v) is 7.86. The molecule has 2 aromatic heterocycles. The third-order valence-electron chi connectivity index (χ3n) is 4.51. The van der Waals surface area contributed by atoms with Gasteiger partial charge in [-0.15, -0.1) is 0 Å².